The Morgan fingerprint density at radius 3 is 2.80 bits per heavy atom. The fourth-order valence-electron chi connectivity index (χ4n) is 1.51. The minimum absolute atomic E-state index is 0.303. The van der Waals surface area contributed by atoms with Gasteiger partial charge in [-0.3, -0.25) is 0 Å². The summed E-state index contributed by atoms with van der Waals surface area (Å²) in [6.07, 6.45) is 0.303. The van der Waals surface area contributed by atoms with E-state index in [0.29, 0.717) is 6.10 Å². The molecule has 0 spiro atoms. The fourth-order valence-corrected chi connectivity index (χ4v) is 2.60. The van der Waals surface area contributed by atoms with E-state index >= 15 is 0 Å². The van der Waals surface area contributed by atoms with Crippen LogP contribution in [0.15, 0.2) is 24.3 Å². The predicted molar refractivity (Wildman–Crippen MR) is 66.5 cm³/mol. The summed E-state index contributed by atoms with van der Waals surface area (Å²) in [4.78, 5) is 1.31. The summed E-state index contributed by atoms with van der Waals surface area (Å²) in [5, 5.41) is 1.33. The van der Waals surface area contributed by atoms with Gasteiger partial charge < -0.3 is 4.74 Å². The molecule has 0 aliphatic heterocycles. The van der Waals surface area contributed by atoms with Crippen molar-refractivity contribution in [3.8, 4) is 0 Å². The molecule has 0 aliphatic rings. The van der Waals surface area contributed by atoms with Gasteiger partial charge in [-0.05, 0) is 43.9 Å². The van der Waals surface area contributed by atoms with Crippen LogP contribution in [0.2, 0.25) is 0 Å². The second-order valence-electron chi connectivity index (χ2n) is 4.11. The fraction of sp³-hybridized carbons (Fsp3) is 0.385. The molecule has 0 unspecified atom stereocenters. The SMILES string of the molecule is Cc1ccc2cc(COC(C)C)sc2c1. The van der Waals surface area contributed by atoms with E-state index in [9.17, 15) is 0 Å². The van der Waals surface area contributed by atoms with Crippen molar-refractivity contribution in [2.75, 3.05) is 0 Å². The van der Waals surface area contributed by atoms with Gasteiger partial charge in [0, 0.05) is 9.58 Å². The van der Waals surface area contributed by atoms with E-state index < -0.39 is 0 Å². The van der Waals surface area contributed by atoms with E-state index in [1.54, 1.807) is 0 Å². The quantitative estimate of drug-likeness (QED) is 0.755. The van der Waals surface area contributed by atoms with Crippen LogP contribution in [0.4, 0.5) is 0 Å². The molecule has 2 heteroatoms. The lowest BCUT2D eigenvalue weighted by Crippen LogP contribution is -2.00. The molecule has 0 saturated carbocycles. The van der Waals surface area contributed by atoms with Crippen molar-refractivity contribution in [1.82, 2.24) is 0 Å². The summed E-state index contributed by atoms with van der Waals surface area (Å²) in [6, 6.07) is 8.79. The van der Waals surface area contributed by atoms with Crippen molar-refractivity contribution in [1.29, 1.82) is 0 Å². The van der Waals surface area contributed by atoms with Gasteiger partial charge in [-0.25, -0.2) is 0 Å². The molecule has 0 radical (unpaired) electrons. The van der Waals surface area contributed by atoms with Gasteiger partial charge >= 0.3 is 0 Å². The Morgan fingerprint density at radius 2 is 2.07 bits per heavy atom. The maximum atomic E-state index is 5.60. The van der Waals surface area contributed by atoms with Gasteiger partial charge in [-0.15, -0.1) is 11.3 Å². The van der Waals surface area contributed by atoms with Gasteiger partial charge in [-0.1, -0.05) is 12.1 Å². The zero-order valence-corrected chi connectivity index (χ0v) is 10.2. The summed E-state index contributed by atoms with van der Waals surface area (Å²) in [5.41, 5.74) is 1.32. The topological polar surface area (TPSA) is 9.23 Å². The molecule has 0 atom stereocenters. The number of benzene rings is 1. The molecule has 15 heavy (non-hydrogen) atoms. The molecule has 1 aromatic heterocycles. The van der Waals surface area contributed by atoms with Gasteiger partial charge in [0.15, 0.2) is 0 Å². The second kappa shape index (κ2) is 4.33. The van der Waals surface area contributed by atoms with E-state index in [2.05, 4.69) is 45.0 Å². The average molecular weight is 220 g/mol. The Balaban J connectivity index is 2.23. The van der Waals surface area contributed by atoms with E-state index in [1.807, 2.05) is 11.3 Å². The van der Waals surface area contributed by atoms with Gasteiger partial charge in [0.25, 0.3) is 0 Å². The zero-order valence-electron chi connectivity index (χ0n) is 9.41. The Labute approximate surface area is 94.7 Å². The second-order valence-corrected chi connectivity index (χ2v) is 5.28. The monoisotopic (exact) mass is 220 g/mol. The van der Waals surface area contributed by atoms with Crippen molar-refractivity contribution in [3.05, 3.63) is 34.7 Å². The van der Waals surface area contributed by atoms with Crippen LogP contribution < -0.4 is 0 Å². The van der Waals surface area contributed by atoms with E-state index in [1.165, 1.54) is 20.5 Å². The Hall–Kier alpha value is -0.860. The van der Waals surface area contributed by atoms with Crippen LogP contribution in [0.3, 0.4) is 0 Å². The molecular weight excluding hydrogens is 204 g/mol. The van der Waals surface area contributed by atoms with Crippen molar-refractivity contribution in [3.63, 3.8) is 0 Å². The van der Waals surface area contributed by atoms with Crippen molar-refractivity contribution >= 4 is 21.4 Å². The molecule has 0 aliphatic carbocycles. The van der Waals surface area contributed by atoms with Crippen LogP contribution in [-0.4, -0.2) is 6.10 Å². The maximum Gasteiger partial charge on any atom is 0.0813 e. The minimum atomic E-state index is 0.303. The highest BCUT2D eigenvalue weighted by atomic mass is 32.1. The Bertz CT molecular complexity index is 457. The standard InChI is InChI=1S/C13H16OS/c1-9(2)14-8-12-7-11-5-4-10(3)6-13(11)15-12/h4-7,9H,8H2,1-3H3. The number of ether oxygens (including phenoxy) is 1. The first kappa shape index (κ1) is 10.7. The van der Waals surface area contributed by atoms with Crippen LogP contribution in [0.25, 0.3) is 10.1 Å². The first-order valence-electron chi connectivity index (χ1n) is 5.26. The summed E-state index contributed by atoms with van der Waals surface area (Å²) in [7, 11) is 0. The van der Waals surface area contributed by atoms with Crippen LogP contribution >= 0.6 is 11.3 Å². The smallest absolute Gasteiger partial charge is 0.0813 e. The highest BCUT2D eigenvalue weighted by Gasteiger charge is 2.02. The van der Waals surface area contributed by atoms with E-state index in [-0.39, 0.29) is 0 Å². The normalized spacial score (nSPS) is 11.5. The largest absolute Gasteiger partial charge is 0.373 e. The maximum absolute atomic E-state index is 5.60. The van der Waals surface area contributed by atoms with E-state index in [4.69, 9.17) is 4.74 Å². The van der Waals surface area contributed by atoms with Gasteiger partial charge in [0.1, 0.15) is 0 Å². The molecule has 2 aromatic rings. The molecule has 80 valence electrons. The lowest BCUT2D eigenvalue weighted by Gasteiger charge is -2.04. The molecular formula is C13H16OS. The number of rotatable bonds is 3. The van der Waals surface area contributed by atoms with Gasteiger partial charge in [0.2, 0.25) is 0 Å². The molecule has 2 rings (SSSR count). The Kier molecular flexibility index (Phi) is 3.08. The number of fused-ring (bicyclic) bond motifs is 1. The molecule has 0 N–H and O–H groups in total. The number of hydrogen-bond acceptors (Lipinski definition) is 2. The van der Waals surface area contributed by atoms with Gasteiger partial charge in [-0.2, -0.15) is 0 Å². The Morgan fingerprint density at radius 1 is 1.27 bits per heavy atom. The molecule has 0 fully saturated rings. The highest BCUT2D eigenvalue weighted by molar-refractivity contribution is 7.19. The van der Waals surface area contributed by atoms with Gasteiger partial charge in [0.05, 0.1) is 12.7 Å². The van der Waals surface area contributed by atoms with Crippen LogP contribution in [-0.2, 0) is 11.3 Å². The molecule has 0 bridgehead atoms. The third-order valence-electron chi connectivity index (χ3n) is 2.29. The number of thiophene rings is 1. The summed E-state index contributed by atoms with van der Waals surface area (Å²) >= 11 is 1.83. The third kappa shape index (κ3) is 2.58. The summed E-state index contributed by atoms with van der Waals surface area (Å²) < 4.78 is 6.96. The zero-order chi connectivity index (χ0) is 10.8. The van der Waals surface area contributed by atoms with Crippen LogP contribution in [0.1, 0.15) is 24.3 Å². The lowest BCUT2D eigenvalue weighted by atomic mass is 10.2. The van der Waals surface area contributed by atoms with Crippen molar-refractivity contribution in [2.24, 2.45) is 0 Å². The molecule has 1 aromatic carbocycles. The molecule has 0 amide bonds. The van der Waals surface area contributed by atoms with Crippen LogP contribution in [0.5, 0.6) is 0 Å². The van der Waals surface area contributed by atoms with Crippen LogP contribution in [0, 0.1) is 6.92 Å². The summed E-state index contributed by atoms with van der Waals surface area (Å²) in [6.45, 7) is 6.99. The molecule has 0 saturated heterocycles. The molecule has 1 heterocycles. The first-order valence-corrected chi connectivity index (χ1v) is 6.07. The summed E-state index contributed by atoms with van der Waals surface area (Å²) in [5.74, 6) is 0. The lowest BCUT2D eigenvalue weighted by molar-refractivity contribution is 0.0675. The predicted octanol–water partition coefficient (Wildman–Crippen LogP) is 4.13. The highest BCUT2D eigenvalue weighted by Crippen LogP contribution is 2.27. The number of hydrogen-bond donors (Lipinski definition) is 0. The minimum Gasteiger partial charge on any atom is -0.373 e. The van der Waals surface area contributed by atoms with Crippen molar-refractivity contribution in [2.45, 2.75) is 33.5 Å². The third-order valence-corrected chi connectivity index (χ3v) is 3.36. The van der Waals surface area contributed by atoms with E-state index in [0.717, 1.165) is 6.61 Å². The van der Waals surface area contributed by atoms with Crippen molar-refractivity contribution < 1.29 is 4.74 Å². The molecule has 1 nitrogen and oxygen atoms in total. The number of aryl methyl sites for hydroxylation is 1. The first-order chi connectivity index (χ1) is 7.15. The average Bonchev–Trinajstić information content (AvgIpc) is 2.56.